The summed E-state index contributed by atoms with van der Waals surface area (Å²) in [4.78, 5) is 8.72. The van der Waals surface area contributed by atoms with Crippen molar-refractivity contribution in [3.8, 4) is 0 Å². The minimum Gasteiger partial charge on any atom is -0.380 e. The molecule has 0 aromatic heterocycles. The molecule has 0 saturated carbocycles. The third-order valence-corrected chi connectivity index (χ3v) is 4.74. The number of halogens is 1. The van der Waals surface area contributed by atoms with E-state index in [1.165, 1.54) is 11.6 Å². The highest BCUT2D eigenvalue weighted by Crippen LogP contribution is 2.20. The molecule has 6 heteroatoms. The molecule has 2 aromatic rings. The lowest BCUT2D eigenvalue weighted by molar-refractivity contribution is 0.185. The molecular formula is C21H27FN4O. The fourth-order valence-electron chi connectivity index (χ4n) is 3.38. The summed E-state index contributed by atoms with van der Waals surface area (Å²) in [6.45, 7) is 4.46. The Morgan fingerprint density at radius 3 is 2.52 bits per heavy atom. The summed E-state index contributed by atoms with van der Waals surface area (Å²) in [6, 6.07) is 15.3. The summed E-state index contributed by atoms with van der Waals surface area (Å²) in [5.74, 6) is 0.713. The predicted molar refractivity (Wildman–Crippen MR) is 108 cm³/mol. The summed E-state index contributed by atoms with van der Waals surface area (Å²) in [7, 11) is 3.50. The van der Waals surface area contributed by atoms with E-state index in [1.54, 1.807) is 20.2 Å². The van der Waals surface area contributed by atoms with Crippen LogP contribution in [-0.4, -0.2) is 51.2 Å². The minimum atomic E-state index is -0.163. The van der Waals surface area contributed by atoms with E-state index < -0.39 is 0 Å². The highest BCUT2D eigenvalue weighted by atomic mass is 19.1. The van der Waals surface area contributed by atoms with Crippen LogP contribution in [0.3, 0.4) is 0 Å². The Balaban J connectivity index is 1.55. The average molecular weight is 370 g/mol. The second kappa shape index (κ2) is 9.37. The molecular weight excluding hydrogens is 343 g/mol. The highest BCUT2D eigenvalue weighted by Gasteiger charge is 2.21. The van der Waals surface area contributed by atoms with E-state index in [0.717, 1.165) is 37.7 Å². The Morgan fingerprint density at radius 1 is 1.07 bits per heavy atom. The van der Waals surface area contributed by atoms with Gasteiger partial charge in [0.2, 0.25) is 0 Å². The quantitative estimate of drug-likeness (QED) is 0.649. The summed E-state index contributed by atoms with van der Waals surface area (Å²) < 4.78 is 19.2. The number of hydrogen-bond donors (Lipinski definition) is 1. The second-order valence-corrected chi connectivity index (χ2v) is 6.58. The number of hydrogen-bond acceptors (Lipinski definition) is 3. The van der Waals surface area contributed by atoms with Crippen LogP contribution in [-0.2, 0) is 17.9 Å². The SMILES string of the molecule is CN=C(NCc1cccc(COC)c1)N1CCN(c2ccccc2F)CC1. The molecule has 2 aromatic carbocycles. The van der Waals surface area contributed by atoms with Crippen LogP contribution < -0.4 is 10.2 Å². The van der Waals surface area contributed by atoms with E-state index in [-0.39, 0.29) is 5.82 Å². The molecule has 0 radical (unpaired) electrons. The number of piperazine rings is 1. The van der Waals surface area contributed by atoms with Crippen molar-refractivity contribution in [2.75, 3.05) is 45.2 Å². The number of methoxy groups -OCH3 is 1. The van der Waals surface area contributed by atoms with E-state index in [4.69, 9.17) is 4.74 Å². The molecule has 1 saturated heterocycles. The number of rotatable bonds is 5. The Bertz CT molecular complexity index is 772. The van der Waals surface area contributed by atoms with Gasteiger partial charge in [0.15, 0.2) is 5.96 Å². The van der Waals surface area contributed by atoms with Crippen molar-refractivity contribution in [1.29, 1.82) is 0 Å². The average Bonchev–Trinajstić information content (AvgIpc) is 2.70. The smallest absolute Gasteiger partial charge is 0.194 e. The van der Waals surface area contributed by atoms with Gasteiger partial charge < -0.3 is 19.9 Å². The first-order chi connectivity index (χ1) is 13.2. The van der Waals surface area contributed by atoms with Crippen LogP contribution in [0.5, 0.6) is 0 Å². The zero-order chi connectivity index (χ0) is 19.1. The molecule has 1 N–H and O–H groups in total. The van der Waals surface area contributed by atoms with Gasteiger partial charge in [0.05, 0.1) is 12.3 Å². The third-order valence-electron chi connectivity index (χ3n) is 4.74. The van der Waals surface area contributed by atoms with Crippen molar-refractivity contribution in [3.05, 3.63) is 65.5 Å². The Labute approximate surface area is 160 Å². The number of anilines is 1. The van der Waals surface area contributed by atoms with Gasteiger partial charge in [-0.15, -0.1) is 0 Å². The molecule has 0 bridgehead atoms. The number of guanidine groups is 1. The van der Waals surface area contributed by atoms with E-state index in [1.807, 2.05) is 18.2 Å². The van der Waals surface area contributed by atoms with Crippen LogP contribution in [0.15, 0.2) is 53.5 Å². The molecule has 27 heavy (non-hydrogen) atoms. The molecule has 5 nitrogen and oxygen atoms in total. The first-order valence-electron chi connectivity index (χ1n) is 9.23. The van der Waals surface area contributed by atoms with E-state index in [0.29, 0.717) is 18.8 Å². The molecule has 0 amide bonds. The van der Waals surface area contributed by atoms with Crippen molar-refractivity contribution in [2.24, 2.45) is 4.99 Å². The number of ether oxygens (including phenoxy) is 1. The molecule has 1 aliphatic heterocycles. The van der Waals surface area contributed by atoms with Gasteiger partial charge >= 0.3 is 0 Å². The molecule has 1 fully saturated rings. The van der Waals surface area contributed by atoms with E-state index in [2.05, 4.69) is 38.3 Å². The van der Waals surface area contributed by atoms with Crippen LogP contribution in [0.2, 0.25) is 0 Å². The highest BCUT2D eigenvalue weighted by molar-refractivity contribution is 5.80. The fraction of sp³-hybridized carbons (Fsp3) is 0.381. The molecule has 0 atom stereocenters. The summed E-state index contributed by atoms with van der Waals surface area (Å²) in [5, 5.41) is 3.43. The van der Waals surface area contributed by atoms with E-state index >= 15 is 0 Å². The monoisotopic (exact) mass is 370 g/mol. The largest absolute Gasteiger partial charge is 0.380 e. The van der Waals surface area contributed by atoms with Crippen molar-refractivity contribution < 1.29 is 9.13 Å². The maximum Gasteiger partial charge on any atom is 0.194 e. The lowest BCUT2D eigenvalue weighted by Gasteiger charge is -2.37. The van der Waals surface area contributed by atoms with Crippen molar-refractivity contribution in [1.82, 2.24) is 10.2 Å². The molecule has 144 valence electrons. The van der Waals surface area contributed by atoms with Gasteiger partial charge in [0.25, 0.3) is 0 Å². The summed E-state index contributed by atoms with van der Waals surface area (Å²) >= 11 is 0. The van der Waals surface area contributed by atoms with Gasteiger partial charge in [-0.1, -0.05) is 36.4 Å². The van der Waals surface area contributed by atoms with E-state index in [9.17, 15) is 4.39 Å². The molecule has 1 aliphatic rings. The van der Waals surface area contributed by atoms with Crippen LogP contribution >= 0.6 is 0 Å². The van der Waals surface area contributed by atoms with Crippen molar-refractivity contribution >= 4 is 11.6 Å². The minimum absolute atomic E-state index is 0.163. The standard InChI is InChI=1S/C21H27FN4O/c1-23-21(24-15-17-6-5-7-18(14-17)16-27-2)26-12-10-25(11-13-26)20-9-4-3-8-19(20)22/h3-9,14H,10-13,15-16H2,1-2H3,(H,23,24). The first kappa shape index (κ1) is 19.2. The van der Waals surface area contributed by atoms with Gasteiger partial charge in [-0.05, 0) is 23.3 Å². The number of benzene rings is 2. The first-order valence-corrected chi connectivity index (χ1v) is 9.23. The number of aliphatic imine (C=N–C) groups is 1. The zero-order valence-corrected chi connectivity index (χ0v) is 16.0. The normalized spacial score (nSPS) is 15.1. The van der Waals surface area contributed by atoms with Crippen LogP contribution in [0, 0.1) is 5.82 Å². The molecule has 1 heterocycles. The Morgan fingerprint density at radius 2 is 1.81 bits per heavy atom. The third kappa shape index (κ3) is 4.98. The maximum atomic E-state index is 14.0. The maximum absolute atomic E-state index is 14.0. The van der Waals surface area contributed by atoms with Crippen LogP contribution in [0.4, 0.5) is 10.1 Å². The molecule has 0 aliphatic carbocycles. The second-order valence-electron chi connectivity index (χ2n) is 6.58. The fourth-order valence-corrected chi connectivity index (χ4v) is 3.38. The van der Waals surface area contributed by atoms with Crippen molar-refractivity contribution in [2.45, 2.75) is 13.2 Å². The lowest BCUT2D eigenvalue weighted by Crippen LogP contribution is -2.52. The van der Waals surface area contributed by atoms with Gasteiger partial charge in [-0.25, -0.2) is 4.39 Å². The van der Waals surface area contributed by atoms with Gasteiger partial charge in [0.1, 0.15) is 5.82 Å². The van der Waals surface area contributed by atoms with Crippen molar-refractivity contribution in [3.63, 3.8) is 0 Å². The van der Waals surface area contributed by atoms with Gasteiger partial charge in [0, 0.05) is 46.9 Å². The van der Waals surface area contributed by atoms with Crippen LogP contribution in [0.25, 0.3) is 0 Å². The zero-order valence-electron chi connectivity index (χ0n) is 16.0. The van der Waals surface area contributed by atoms with Gasteiger partial charge in [-0.3, -0.25) is 4.99 Å². The van der Waals surface area contributed by atoms with Crippen LogP contribution in [0.1, 0.15) is 11.1 Å². The van der Waals surface area contributed by atoms with Gasteiger partial charge in [-0.2, -0.15) is 0 Å². The number of para-hydroxylation sites is 1. The Hall–Kier alpha value is -2.60. The molecule has 0 spiro atoms. The predicted octanol–water partition coefficient (Wildman–Crippen LogP) is 2.87. The Kier molecular flexibility index (Phi) is 6.65. The topological polar surface area (TPSA) is 40.1 Å². The molecule has 3 rings (SSSR count). The summed E-state index contributed by atoms with van der Waals surface area (Å²) in [6.07, 6.45) is 0. The summed E-state index contributed by atoms with van der Waals surface area (Å²) in [5.41, 5.74) is 3.02. The number of nitrogens with zero attached hydrogens (tertiary/aromatic N) is 3. The lowest BCUT2D eigenvalue weighted by atomic mass is 10.1. The molecule has 0 unspecified atom stereocenters. The number of nitrogens with one attached hydrogen (secondary N) is 1.